The number of likely N-dealkylation sites (N-methyl/N-ethyl adjacent to an activating group) is 1. The zero-order valence-corrected chi connectivity index (χ0v) is 19.1. The van der Waals surface area contributed by atoms with E-state index in [2.05, 4.69) is 29.0 Å². The molecule has 0 aliphatic heterocycles. The van der Waals surface area contributed by atoms with Crippen LogP contribution in [0.2, 0.25) is 10.0 Å². The lowest BCUT2D eigenvalue weighted by atomic mass is 10.2. The molecule has 1 aromatic carbocycles. The van der Waals surface area contributed by atoms with Crippen molar-refractivity contribution in [3.63, 3.8) is 0 Å². The van der Waals surface area contributed by atoms with Crippen LogP contribution in [0.4, 0.5) is 5.95 Å². The van der Waals surface area contributed by atoms with Gasteiger partial charge >= 0.3 is 5.69 Å². The molecule has 0 amide bonds. The van der Waals surface area contributed by atoms with Crippen LogP contribution in [-0.4, -0.2) is 49.8 Å². The standard InChI is InChI=1S/C20H26Cl2N6O2/c1-5-27(6-2)10-9-23-19-24-17-16(18(29)26(4)20(30)25(17)3)28(19)12-13-7-8-14(21)11-15(13)22/h7-8,11H,5-6,9-10,12H2,1-4H3,(H,23,24). The van der Waals surface area contributed by atoms with Crippen LogP contribution in [-0.2, 0) is 20.6 Å². The SMILES string of the molecule is CCN(CC)CCNc1nc2c(c(=O)n(C)c(=O)n2C)n1Cc1ccc(Cl)cc1Cl. The molecule has 0 aliphatic rings. The first kappa shape index (κ1) is 22.4. The number of hydrogen-bond donors (Lipinski definition) is 1. The minimum Gasteiger partial charge on any atom is -0.354 e. The van der Waals surface area contributed by atoms with Crippen molar-refractivity contribution in [1.82, 2.24) is 23.6 Å². The van der Waals surface area contributed by atoms with Crippen molar-refractivity contribution < 1.29 is 0 Å². The average Bonchev–Trinajstić information content (AvgIpc) is 3.08. The largest absolute Gasteiger partial charge is 0.354 e. The van der Waals surface area contributed by atoms with Gasteiger partial charge in [0.2, 0.25) is 5.95 Å². The molecule has 1 N–H and O–H groups in total. The van der Waals surface area contributed by atoms with Crippen molar-refractivity contribution in [1.29, 1.82) is 0 Å². The molecule has 0 bridgehead atoms. The molecule has 162 valence electrons. The van der Waals surface area contributed by atoms with Gasteiger partial charge in [-0.25, -0.2) is 4.79 Å². The van der Waals surface area contributed by atoms with E-state index in [0.717, 1.165) is 29.8 Å². The fraction of sp³-hybridized carbons (Fsp3) is 0.450. The minimum absolute atomic E-state index is 0.313. The van der Waals surface area contributed by atoms with Crippen molar-refractivity contribution in [2.45, 2.75) is 20.4 Å². The predicted octanol–water partition coefficient (Wildman–Crippen LogP) is 2.54. The smallest absolute Gasteiger partial charge is 0.332 e. The number of imidazole rings is 1. The van der Waals surface area contributed by atoms with Crippen molar-refractivity contribution >= 4 is 40.3 Å². The average molecular weight is 453 g/mol. The number of anilines is 1. The summed E-state index contributed by atoms with van der Waals surface area (Å²) in [5, 5.41) is 4.36. The topological polar surface area (TPSA) is 77.1 Å². The number of aromatic nitrogens is 4. The van der Waals surface area contributed by atoms with E-state index in [1.54, 1.807) is 23.7 Å². The zero-order valence-electron chi connectivity index (χ0n) is 17.6. The molecule has 2 aromatic heterocycles. The number of halogens is 2. The zero-order chi connectivity index (χ0) is 22.0. The molecule has 8 nitrogen and oxygen atoms in total. The van der Waals surface area contributed by atoms with E-state index in [1.807, 2.05) is 6.07 Å². The summed E-state index contributed by atoms with van der Waals surface area (Å²) in [6.45, 7) is 7.91. The Labute approximate surface area is 184 Å². The minimum atomic E-state index is -0.420. The van der Waals surface area contributed by atoms with Crippen molar-refractivity contribution in [3.05, 3.63) is 54.6 Å². The Balaban J connectivity index is 2.10. The maximum absolute atomic E-state index is 12.9. The van der Waals surface area contributed by atoms with Gasteiger partial charge in [0.15, 0.2) is 11.2 Å². The van der Waals surface area contributed by atoms with Gasteiger partial charge in [0, 0.05) is 37.2 Å². The number of nitrogens with zero attached hydrogens (tertiary/aromatic N) is 5. The second kappa shape index (κ2) is 9.24. The van der Waals surface area contributed by atoms with Gasteiger partial charge in [-0.05, 0) is 30.8 Å². The van der Waals surface area contributed by atoms with E-state index in [0.29, 0.717) is 40.2 Å². The highest BCUT2D eigenvalue weighted by Crippen LogP contribution is 2.24. The molecule has 0 saturated heterocycles. The summed E-state index contributed by atoms with van der Waals surface area (Å²) in [5.74, 6) is 0.515. The molecular formula is C20H26Cl2N6O2. The third-order valence-corrected chi connectivity index (χ3v) is 5.88. The van der Waals surface area contributed by atoms with Crippen LogP contribution in [0.1, 0.15) is 19.4 Å². The summed E-state index contributed by atoms with van der Waals surface area (Å²) in [6.07, 6.45) is 0. The Bertz CT molecular complexity index is 1180. The van der Waals surface area contributed by atoms with Crippen LogP contribution < -0.4 is 16.6 Å². The number of aryl methyl sites for hydroxylation is 1. The van der Waals surface area contributed by atoms with Crippen LogP contribution in [0.25, 0.3) is 11.2 Å². The molecule has 0 fully saturated rings. The number of nitrogens with one attached hydrogen (secondary N) is 1. The highest BCUT2D eigenvalue weighted by atomic mass is 35.5. The maximum Gasteiger partial charge on any atom is 0.332 e. The number of rotatable bonds is 8. The van der Waals surface area contributed by atoms with Crippen molar-refractivity contribution in [2.24, 2.45) is 14.1 Å². The van der Waals surface area contributed by atoms with Crippen molar-refractivity contribution in [2.75, 3.05) is 31.5 Å². The lowest BCUT2D eigenvalue weighted by Gasteiger charge is -2.18. The molecule has 3 aromatic rings. The van der Waals surface area contributed by atoms with E-state index in [1.165, 1.54) is 11.6 Å². The summed E-state index contributed by atoms with van der Waals surface area (Å²) in [7, 11) is 3.07. The second-order valence-electron chi connectivity index (χ2n) is 7.09. The highest BCUT2D eigenvalue weighted by Gasteiger charge is 2.20. The molecule has 0 saturated carbocycles. The van der Waals surface area contributed by atoms with Crippen LogP contribution >= 0.6 is 23.2 Å². The first-order valence-corrected chi connectivity index (χ1v) is 10.6. The van der Waals surface area contributed by atoms with Gasteiger partial charge in [0.1, 0.15) is 0 Å². The van der Waals surface area contributed by atoms with E-state index in [-0.39, 0.29) is 0 Å². The van der Waals surface area contributed by atoms with E-state index < -0.39 is 11.2 Å². The summed E-state index contributed by atoms with van der Waals surface area (Å²) < 4.78 is 4.24. The van der Waals surface area contributed by atoms with Gasteiger partial charge in [-0.2, -0.15) is 4.98 Å². The van der Waals surface area contributed by atoms with E-state index >= 15 is 0 Å². The normalized spacial score (nSPS) is 11.6. The Kier molecular flexibility index (Phi) is 6.90. The first-order chi connectivity index (χ1) is 14.3. The molecule has 30 heavy (non-hydrogen) atoms. The Morgan fingerprint density at radius 1 is 1.10 bits per heavy atom. The van der Waals surface area contributed by atoms with Gasteiger partial charge < -0.3 is 10.2 Å². The lowest BCUT2D eigenvalue weighted by Crippen LogP contribution is -2.37. The summed E-state index contributed by atoms with van der Waals surface area (Å²) in [6, 6.07) is 5.24. The van der Waals surface area contributed by atoms with Crippen LogP contribution in [0.15, 0.2) is 27.8 Å². The lowest BCUT2D eigenvalue weighted by molar-refractivity contribution is 0.315. The Morgan fingerprint density at radius 3 is 2.43 bits per heavy atom. The van der Waals surface area contributed by atoms with E-state index in [4.69, 9.17) is 23.2 Å². The van der Waals surface area contributed by atoms with Gasteiger partial charge in [-0.3, -0.25) is 18.5 Å². The van der Waals surface area contributed by atoms with Gasteiger partial charge in [-0.15, -0.1) is 0 Å². The highest BCUT2D eigenvalue weighted by molar-refractivity contribution is 6.35. The third-order valence-electron chi connectivity index (χ3n) is 5.30. The number of benzene rings is 1. The van der Waals surface area contributed by atoms with Gasteiger partial charge in [-0.1, -0.05) is 43.1 Å². The van der Waals surface area contributed by atoms with Gasteiger partial charge in [0.25, 0.3) is 5.56 Å². The quantitative estimate of drug-likeness (QED) is 0.568. The van der Waals surface area contributed by atoms with Crippen LogP contribution in [0.5, 0.6) is 0 Å². The Morgan fingerprint density at radius 2 is 1.80 bits per heavy atom. The molecular weight excluding hydrogens is 427 g/mol. The summed E-state index contributed by atoms with van der Waals surface area (Å²) in [4.78, 5) is 32.2. The fourth-order valence-electron chi connectivity index (χ4n) is 3.42. The monoisotopic (exact) mass is 452 g/mol. The number of fused-ring (bicyclic) bond motifs is 1. The van der Waals surface area contributed by atoms with Crippen molar-refractivity contribution in [3.8, 4) is 0 Å². The van der Waals surface area contributed by atoms with Gasteiger partial charge in [0.05, 0.1) is 6.54 Å². The summed E-state index contributed by atoms with van der Waals surface area (Å²) >= 11 is 12.4. The fourth-order valence-corrected chi connectivity index (χ4v) is 3.89. The third kappa shape index (κ3) is 4.26. The molecule has 0 aliphatic carbocycles. The van der Waals surface area contributed by atoms with E-state index in [9.17, 15) is 9.59 Å². The molecule has 0 atom stereocenters. The van der Waals surface area contributed by atoms with Crippen LogP contribution in [0.3, 0.4) is 0 Å². The second-order valence-corrected chi connectivity index (χ2v) is 7.93. The molecule has 10 heteroatoms. The Hall–Kier alpha value is -2.29. The maximum atomic E-state index is 12.9. The number of hydrogen-bond acceptors (Lipinski definition) is 5. The first-order valence-electron chi connectivity index (χ1n) is 9.84. The molecule has 2 heterocycles. The molecule has 0 radical (unpaired) electrons. The molecule has 0 spiro atoms. The predicted molar refractivity (Wildman–Crippen MR) is 122 cm³/mol. The molecule has 0 unspecified atom stereocenters. The molecule has 3 rings (SSSR count). The summed E-state index contributed by atoms with van der Waals surface area (Å²) in [5.41, 5.74) is 0.649. The van der Waals surface area contributed by atoms with Crippen LogP contribution in [0, 0.1) is 0 Å².